The van der Waals surface area contributed by atoms with Crippen molar-refractivity contribution in [3.63, 3.8) is 0 Å². The molecule has 3 amide bonds. The van der Waals surface area contributed by atoms with Gasteiger partial charge in [-0.25, -0.2) is 0 Å². The van der Waals surface area contributed by atoms with Gasteiger partial charge in [-0.2, -0.15) is 0 Å². The van der Waals surface area contributed by atoms with E-state index in [9.17, 15) is 14.4 Å². The van der Waals surface area contributed by atoms with Crippen molar-refractivity contribution in [2.75, 3.05) is 11.9 Å². The molecule has 1 aromatic carbocycles. The van der Waals surface area contributed by atoms with Crippen molar-refractivity contribution >= 4 is 23.4 Å². The van der Waals surface area contributed by atoms with E-state index < -0.39 is 23.4 Å². The van der Waals surface area contributed by atoms with Gasteiger partial charge in [0.05, 0.1) is 0 Å². The molecule has 0 radical (unpaired) electrons. The van der Waals surface area contributed by atoms with Crippen LogP contribution in [-0.2, 0) is 9.59 Å². The van der Waals surface area contributed by atoms with Gasteiger partial charge in [0.2, 0.25) is 17.7 Å². The van der Waals surface area contributed by atoms with E-state index in [-0.39, 0.29) is 17.2 Å². The molecule has 7 nitrogen and oxygen atoms in total. The molecule has 0 aromatic heterocycles. The lowest BCUT2D eigenvalue weighted by Gasteiger charge is -2.31. The minimum atomic E-state index is -0.846. The van der Waals surface area contributed by atoms with Crippen molar-refractivity contribution in [3.05, 3.63) is 29.8 Å². The molecular weight excluding hydrogens is 332 g/mol. The number of benzene rings is 1. The Hall–Kier alpha value is -2.57. The first-order chi connectivity index (χ1) is 12.1. The highest BCUT2D eigenvalue weighted by Gasteiger charge is 2.74. The lowest BCUT2D eigenvalue weighted by Crippen LogP contribution is -2.53. The van der Waals surface area contributed by atoms with E-state index in [2.05, 4.69) is 5.32 Å². The molecule has 1 saturated heterocycles. The fourth-order valence-corrected chi connectivity index (χ4v) is 4.32. The highest BCUT2D eigenvalue weighted by molar-refractivity contribution is 5.99. The molecule has 140 valence electrons. The predicted octanol–water partition coefficient (Wildman–Crippen LogP) is 1.09. The van der Waals surface area contributed by atoms with Crippen molar-refractivity contribution in [3.8, 4) is 0 Å². The predicted molar refractivity (Wildman–Crippen MR) is 98.2 cm³/mol. The Morgan fingerprint density at radius 1 is 1.23 bits per heavy atom. The van der Waals surface area contributed by atoms with Crippen LogP contribution in [0.2, 0.25) is 0 Å². The Balaban J connectivity index is 1.94. The summed E-state index contributed by atoms with van der Waals surface area (Å²) in [7, 11) is 0. The van der Waals surface area contributed by atoms with Crippen molar-refractivity contribution in [1.82, 2.24) is 4.90 Å². The summed E-state index contributed by atoms with van der Waals surface area (Å²) in [4.78, 5) is 38.3. The number of nitrogens with two attached hydrogens (primary N) is 2. The average Bonchev–Trinajstić information content (AvgIpc) is 2.97. The second-order valence-corrected chi connectivity index (χ2v) is 7.88. The lowest BCUT2D eigenvalue weighted by molar-refractivity contribution is -0.139. The summed E-state index contributed by atoms with van der Waals surface area (Å²) in [6.45, 7) is 6.59. The standard InChI is InChI=1S/C19H26N4O3/c1-11-18(2,3)19(11,17(26)23-9-5-8-14(23)16(21)25)22-13-7-4-6-12(10-13)15(20)24/h4,6-7,10-11,14,22H,5,8-9H2,1-3H3,(H2,20,24)(H2,21,25)/t11-,14+,19?/m1/s1. The molecule has 0 spiro atoms. The zero-order valence-corrected chi connectivity index (χ0v) is 15.4. The summed E-state index contributed by atoms with van der Waals surface area (Å²) in [5, 5.41) is 3.35. The molecule has 1 unspecified atom stereocenters. The van der Waals surface area contributed by atoms with Gasteiger partial charge in [0, 0.05) is 23.2 Å². The van der Waals surface area contributed by atoms with Crippen LogP contribution in [0.1, 0.15) is 44.0 Å². The number of carbonyl (C=O) groups excluding carboxylic acids is 3. The second kappa shape index (κ2) is 6.00. The molecule has 1 aromatic rings. The highest BCUT2D eigenvalue weighted by atomic mass is 16.2. The van der Waals surface area contributed by atoms with Gasteiger partial charge in [0.25, 0.3) is 0 Å². The molecule has 2 fully saturated rings. The molecule has 1 saturated carbocycles. The maximum absolute atomic E-state index is 13.5. The van der Waals surface area contributed by atoms with E-state index in [1.807, 2.05) is 20.8 Å². The molecule has 3 atom stereocenters. The summed E-state index contributed by atoms with van der Waals surface area (Å²) in [6.07, 6.45) is 1.37. The zero-order valence-electron chi connectivity index (χ0n) is 15.4. The molecule has 5 N–H and O–H groups in total. The first-order valence-electron chi connectivity index (χ1n) is 8.91. The summed E-state index contributed by atoms with van der Waals surface area (Å²) >= 11 is 0. The van der Waals surface area contributed by atoms with Crippen LogP contribution in [0.3, 0.4) is 0 Å². The fourth-order valence-electron chi connectivity index (χ4n) is 4.32. The van der Waals surface area contributed by atoms with Crippen LogP contribution >= 0.6 is 0 Å². The minimum absolute atomic E-state index is 0.0499. The molecular formula is C19H26N4O3. The first kappa shape index (κ1) is 18.2. The van der Waals surface area contributed by atoms with Crippen LogP contribution in [0.25, 0.3) is 0 Å². The smallest absolute Gasteiger partial charge is 0.249 e. The number of primary amides is 2. The van der Waals surface area contributed by atoms with E-state index >= 15 is 0 Å². The molecule has 1 heterocycles. The number of nitrogens with zero attached hydrogens (tertiary/aromatic N) is 1. The molecule has 0 bridgehead atoms. The number of hydrogen-bond acceptors (Lipinski definition) is 4. The van der Waals surface area contributed by atoms with Gasteiger partial charge in [-0.1, -0.05) is 26.8 Å². The number of nitrogens with one attached hydrogen (secondary N) is 1. The van der Waals surface area contributed by atoms with Crippen LogP contribution in [0.4, 0.5) is 5.69 Å². The summed E-state index contributed by atoms with van der Waals surface area (Å²) in [5.74, 6) is -1.05. The van der Waals surface area contributed by atoms with Crippen molar-refractivity contribution in [1.29, 1.82) is 0 Å². The maximum atomic E-state index is 13.5. The minimum Gasteiger partial charge on any atom is -0.371 e. The summed E-state index contributed by atoms with van der Waals surface area (Å²) < 4.78 is 0. The number of amides is 3. The van der Waals surface area contributed by atoms with E-state index in [0.29, 0.717) is 24.2 Å². The summed E-state index contributed by atoms with van der Waals surface area (Å²) in [5.41, 5.74) is 10.7. The van der Waals surface area contributed by atoms with E-state index in [1.165, 1.54) is 0 Å². The van der Waals surface area contributed by atoms with Gasteiger partial charge in [0.1, 0.15) is 11.6 Å². The van der Waals surface area contributed by atoms with Gasteiger partial charge >= 0.3 is 0 Å². The third kappa shape index (κ3) is 2.53. The van der Waals surface area contributed by atoms with Gasteiger partial charge in [0.15, 0.2) is 0 Å². The Kier molecular flexibility index (Phi) is 4.21. The van der Waals surface area contributed by atoms with Crippen LogP contribution in [0, 0.1) is 11.3 Å². The quantitative estimate of drug-likeness (QED) is 0.730. The van der Waals surface area contributed by atoms with Crippen LogP contribution in [0.5, 0.6) is 0 Å². The topological polar surface area (TPSA) is 119 Å². The molecule has 7 heteroatoms. The molecule has 26 heavy (non-hydrogen) atoms. The van der Waals surface area contributed by atoms with E-state index in [0.717, 1.165) is 6.42 Å². The van der Waals surface area contributed by atoms with Crippen LogP contribution < -0.4 is 16.8 Å². The third-order valence-corrected chi connectivity index (χ3v) is 6.33. The van der Waals surface area contributed by atoms with Crippen LogP contribution in [0.15, 0.2) is 24.3 Å². The average molecular weight is 358 g/mol. The SMILES string of the molecule is C[C@@H]1C(C)(C)C1(Nc1cccc(C(N)=O)c1)C(=O)N1CCC[C@H]1C(N)=O. The largest absolute Gasteiger partial charge is 0.371 e. The van der Waals surface area contributed by atoms with Gasteiger partial charge < -0.3 is 21.7 Å². The first-order valence-corrected chi connectivity index (χ1v) is 8.91. The molecule has 1 aliphatic carbocycles. The van der Waals surface area contributed by atoms with Crippen LogP contribution in [-0.4, -0.2) is 40.7 Å². The molecule has 1 aliphatic heterocycles. The summed E-state index contributed by atoms with van der Waals surface area (Å²) in [6, 6.07) is 6.25. The van der Waals surface area contributed by atoms with E-state index in [4.69, 9.17) is 11.5 Å². The molecule has 3 rings (SSSR count). The van der Waals surface area contributed by atoms with Gasteiger partial charge in [-0.15, -0.1) is 0 Å². The van der Waals surface area contributed by atoms with Gasteiger partial charge in [-0.3, -0.25) is 14.4 Å². The fraction of sp³-hybridized carbons (Fsp3) is 0.526. The van der Waals surface area contributed by atoms with Gasteiger partial charge in [-0.05, 0) is 37.0 Å². The normalized spacial score (nSPS) is 29.3. The maximum Gasteiger partial charge on any atom is 0.249 e. The Bertz CT molecular complexity index is 776. The Morgan fingerprint density at radius 3 is 2.42 bits per heavy atom. The van der Waals surface area contributed by atoms with Crippen molar-refractivity contribution < 1.29 is 14.4 Å². The number of hydrogen-bond donors (Lipinski definition) is 3. The molecule has 2 aliphatic rings. The number of anilines is 1. The van der Waals surface area contributed by atoms with E-state index in [1.54, 1.807) is 29.2 Å². The highest BCUT2D eigenvalue weighted by Crippen LogP contribution is 2.64. The Labute approximate surface area is 153 Å². The third-order valence-electron chi connectivity index (χ3n) is 6.33. The number of carbonyl (C=O) groups is 3. The monoisotopic (exact) mass is 358 g/mol. The number of likely N-dealkylation sites (tertiary alicyclic amines) is 1. The van der Waals surface area contributed by atoms with Crippen molar-refractivity contribution in [2.24, 2.45) is 22.8 Å². The Morgan fingerprint density at radius 2 is 1.88 bits per heavy atom. The lowest BCUT2D eigenvalue weighted by atomic mass is 10.0. The number of rotatable bonds is 5. The zero-order chi connectivity index (χ0) is 19.3. The second-order valence-electron chi connectivity index (χ2n) is 7.88. The van der Waals surface area contributed by atoms with Crippen molar-refractivity contribution in [2.45, 2.75) is 45.2 Å².